The Bertz CT molecular complexity index is 507. The molecule has 15 heavy (non-hydrogen) atoms. The zero-order chi connectivity index (χ0) is 11.2. The third-order valence-corrected chi connectivity index (χ3v) is 2.96. The molecule has 0 aromatic rings. The lowest BCUT2D eigenvalue weighted by molar-refractivity contribution is -0.147. The van der Waals surface area contributed by atoms with Crippen LogP contribution >= 0.6 is 0 Å². The number of rotatable bonds is 2. The number of nitrogens with zero attached hydrogens (tertiary/aromatic N) is 1. The van der Waals surface area contributed by atoms with Gasteiger partial charge in [-0.2, -0.15) is 8.42 Å². The first kappa shape index (κ1) is 9.91. The Morgan fingerprint density at radius 3 is 2.60 bits per heavy atom. The smallest absolute Gasteiger partial charge is 0.352 e. The number of carboxylic acid groups (broad SMARTS) is 1. The SMILES string of the molecule is O=C(O)C1=C(C=S(=O)=O)CC2CC(=O)N12. The summed E-state index contributed by atoms with van der Waals surface area (Å²) in [6.07, 6.45) is 0.598. The van der Waals surface area contributed by atoms with Crippen molar-refractivity contribution in [2.24, 2.45) is 0 Å². The van der Waals surface area contributed by atoms with E-state index >= 15 is 0 Å². The molecule has 80 valence electrons. The number of carbonyl (C=O) groups is 2. The van der Waals surface area contributed by atoms with Crippen LogP contribution in [0, 0.1) is 0 Å². The van der Waals surface area contributed by atoms with Crippen molar-refractivity contribution in [3.8, 4) is 0 Å². The summed E-state index contributed by atoms with van der Waals surface area (Å²) in [6, 6.07) is -0.168. The molecule has 0 saturated carbocycles. The lowest BCUT2D eigenvalue weighted by Crippen LogP contribution is -2.49. The van der Waals surface area contributed by atoms with Crippen LogP contribution in [0.2, 0.25) is 0 Å². The minimum atomic E-state index is -2.44. The van der Waals surface area contributed by atoms with Gasteiger partial charge in [0.15, 0.2) is 0 Å². The summed E-state index contributed by atoms with van der Waals surface area (Å²) in [6.45, 7) is 0. The lowest BCUT2D eigenvalue weighted by atomic mass is 10.0. The van der Waals surface area contributed by atoms with E-state index in [-0.39, 0.29) is 23.2 Å². The van der Waals surface area contributed by atoms with Crippen molar-refractivity contribution in [1.82, 2.24) is 4.90 Å². The molecule has 6 nitrogen and oxygen atoms in total. The molecular formula is C8H7NO5S. The first-order chi connectivity index (χ1) is 7.00. The number of β-lactam (4-membered cyclic amide) rings is 1. The van der Waals surface area contributed by atoms with Crippen molar-refractivity contribution in [2.45, 2.75) is 18.9 Å². The van der Waals surface area contributed by atoms with Gasteiger partial charge in [0.1, 0.15) is 5.70 Å². The van der Waals surface area contributed by atoms with Gasteiger partial charge < -0.3 is 10.0 Å². The van der Waals surface area contributed by atoms with Gasteiger partial charge in [0.25, 0.3) is 0 Å². The number of aliphatic carboxylic acids is 1. The molecule has 2 aliphatic rings. The molecule has 1 fully saturated rings. The van der Waals surface area contributed by atoms with Crippen LogP contribution in [0.15, 0.2) is 11.3 Å². The Hall–Kier alpha value is -1.63. The van der Waals surface area contributed by atoms with Gasteiger partial charge in [0, 0.05) is 12.0 Å². The number of amides is 1. The predicted octanol–water partition coefficient (Wildman–Crippen LogP) is -0.989. The molecule has 0 radical (unpaired) electrons. The number of fused-ring (bicyclic) bond motifs is 1. The summed E-state index contributed by atoms with van der Waals surface area (Å²) < 4.78 is 20.9. The maximum Gasteiger partial charge on any atom is 0.352 e. The zero-order valence-electron chi connectivity index (χ0n) is 7.50. The molecule has 1 unspecified atom stereocenters. The zero-order valence-corrected chi connectivity index (χ0v) is 8.32. The highest BCUT2D eigenvalue weighted by molar-refractivity contribution is 7.71. The molecule has 0 aromatic heterocycles. The van der Waals surface area contributed by atoms with Crippen molar-refractivity contribution in [3.63, 3.8) is 0 Å². The van der Waals surface area contributed by atoms with Crippen LogP contribution in [-0.4, -0.2) is 41.7 Å². The van der Waals surface area contributed by atoms with E-state index in [1.54, 1.807) is 0 Å². The fourth-order valence-corrected chi connectivity index (χ4v) is 2.36. The summed E-state index contributed by atoms with van der Waals surface area (Å²) in [7, 11) is -2.44. The van der Waals surface area contributed by atoms with Gasteiger partial charge in [0.2, 0.25) is 16.2 Å². The summed E-state index contributed by atoms with van der Waals surface area (Å²) in [5, 5.41) is 9.72. The Labute approximate surface area is 86.3 Å². The molecule has 0 aromatic carbocycles. The van der Waals surface area contributed by atoms with E-state index in [9.17, 15) is 18.0 Å². The molecule has 1 amide bonds. The van der Waals surface area contributed by atoms with E-state index in [1.165, 1.54) is 0 Å². The van der Waals surface area contributed by atoms with Gasteiger partial charge in [0.05, 0.1) is 11.4 Å². The van der Waals surface area contributed by atoms with Crippen LogP contribution in [0.4, 0.5) is 0 Å². The number of carboxylic acids is 1. The molecule has 1 atom stereocenters. The third kappa shape index (κ3) is 1.44. The fourth-order valence-electron chi connectivity index (χ4n) is 1.92. The molecule has 7 heteroatoms. The van der Waals surface area contributed by atoms with Gasteiger partial charge in [-0.15, -0.1) is 0 Å². The van der Waals surface area contributed by atoms with Crippen molar-refractivity contribution in [2.75, 3.05) is 0 Å². The van der Waals surface area contributed by atoms with Gasteiger partial charge >= 0.3 is 5.97 Å². The molecule has 2 aliphatic heterocycles. The predicted molar refractivity (Wildman–Crippen MR) is 49.5 cm³/mol. The highest BCUT2D eigenvalue weighted by atomic mass is 32.2. The van der Waals surface area contributed by atoms with Crippen molar-refractivity contribution in [3.05, 3.63) is 11.3 Å². The van der Waals surface area contributed by atoms with Crippen molar-refractivity contribution in [1.29, 1.82) is 0 Å². The Kier molecular flexibility index (Phi) is 2.11. The van der Waals surface area contributed by atoms with Crippen LogP contribution in [0.3, 0.4) is 0 Å². The van der Waals surface area contributed by atoms with Crippen LogP contribution in [0.5, 0.6) is 0 Å². The highest BCUT2D eigenvalue weighted by Gasteiger charge is 2.46. The second-order valence-corrected chi connectivity index (χ2v) is 4.14. The third-order valence-electron chi connectivity index (χ3n) is 2.49. The standard InChI is InChI=1S/C8H7NO5S/c10-6-2-5-1-4(3-15(13)14)7(8(11)12)9(5)6/h3,5H,1-2H2,(H,11,12). The number of carbonyl (C=O) groups excluding carboxylic acids is 1. The van der Waals surface area contributed by atoms with Crippen LogP contribution in [-0.2, 0) is 19.9 Å². The monoisotopic (exact) mass is 229 g/mol. The largest absolute Gasteiger partial charge is 0.477 e. The normalized spacial score (nSPS) is 23.6. The Balaban J connectivity index is 2.48. The molecule has 0 aliphatic carbocycles. The maximum absolute atomic E-state index is 11.1. The minimum Gasteiger partial charge on any atom is -0.477 e. The van der Waals surface area contributed by atoms with Crippen molar-refractivity contribution >= 4 is 27.5 Å². The second kappa shape index (κ2) is 3.20. The number of hydrogen-bond acceptors (Lipinski definition) is 4. The van der Waals surface area contributed by atoms with Gasteiger partial charge in [-0.25, -0.2) is 4.79 Å². The Morgan fingerprint density at radius 2 is 2.13 bits per heavy atom. The average Bonchev–Trinajstić information content (AvgIpc) is 2.37. The first-order valence-electron chi connectivity index (χ1n) is 4.22. The fraction of sp³-hybridized carbons (Fsp3) is 0.375. The summed E-state index contributed by atoms with van der Waals surface area (Å²) >= 11 is 0. The van der Waals surface area contributed by atoms with Crippen LogP contribution in [0.1, 0.15) is 12.8 Å². The van der Waals surface area contributed by atoms with Crippen molar-refractivity contribution < 1.29 is 23.1 Å². The molecule has 1 N–H and O–H groups in total. The van der Waals surface area contributed by atoms with E-state index in [0.29, 0.717) is 12.8 Å². The van der Waals surface area contributed by atoms with E-state index in [4.69, 9.17) is 5.11 Å². The van der Waals surface area contributed by atoms with Gasteiger partial charge in [-0.1, -0.05) is 0 Å². The Morgan fingerprint density at radius 1 is 1.47 bits per heavy atom. The van der Waals surface area contributed by atoms with E-state index in [1.807, 2.05) is 0 Å². The number of hydrogen-bond donors (Lipinski definition) is 1. The van der Waals surface area contributed by atoms with Crippen LogP contribution < -0.4 is 0 Å². The van der Waals surface area contributed by atoms with E-state index < -0.39 is 16.3 Å². The summed E-state index contributed by atoms with van der Waals surface area (Å²) in [4.78, 5) is 23.1. The molecule has 2 rings (SSSR count). The quantitative estimate of drug-likeness (QED) is 0.485. The average molecular weight is 229 g/mol. The molecule has 2 heterocycles. The van der Waals surface area contributed by atoms with Crippen LogP contribution in [0.25, 0.3) is 0 Å². The van der Waals surface area contributed by atoms with Gasteiger partial charge in [-0.05, 0) is 6.42 Å². The van der Waals surface area contributed by atoms with E-state index in [0.717, 1.165) is 10.3 Å². The minimum absolute atomic E-state index is 0.168. The van der Waals surface area contributed by atoms with E-state index in [2.05, 4.69) is 0 Å². The first-order valence-corrected chi connectivity index (χ1v) is 5.36. The summed E-state index contributed by atoms with van der Waals surface area (Å²) in [5.41, 5.74) is 0.00660. The second-order valence-electron chi connectivity index (χ2n) is 3.38. The molecule has 1 saturated heterocycles. The highest BCUT2D eigenvalue weighted by Crippen LogP contribution is 2.37. The lowest BCUT2D eigenvalue weighted by Gasteiger charge is -2.35. The topological polar surface area (TPSA) is 91.7 Å². The molecular weight excluding hydrogens is 222 g/mol. The van der Waals surface area contributed by atoms with Gasteiger partial charge in [-0.3, -0.25) is 4.79 Å². The summed E-state index contributed by atoms with van der Waals surface area (Å²) in [5.74, 6) is -1.53. The molecule has 0 spiro atoms. The molecule has 0 bridgehead atoms. The maximum atomic E-state index is 11.1.